The molecule has 0 saturated carbocycles. The average molecular weight is 210 g/mol. The van der Waals surface area contributed by atoms with Gasteiger partial charge in [-0.05, 0) is 20.3 Å². The molecule has 1 aromatic heterocycles. The molecule has 3 heteroatoms. The van der Waals surface area contributed by atoms with E-state index in [1.165, 1.54) is 12.8 Å². The van der Waals surface area contributed by atoms with E-state index in [-0.39, 0.29) is 0 Å². The summed E-state index contributed by atoms with van der Waals surface area (Å²) in [5.41, 5.74) is 1.11. The fourth-order valence-corrected chi connectivity index (χ4v) is 1.76. The van der Waals surface area contributed by atoms with E-state index in [0.717, 1.165) is 18.0 Å². The van der Waals surface area contributed by atoms with Crippen molar-refractivity contribution >= 4 is 0 Å². The largest absolute Gasteiger partial charge is 0.490 e. The smallest absolute Gasteiger partial charge is 0.160 e. The van der Waals surface area contributed by atoms with Gasteiger partial charge >= 0.3 is 0 Å². The Bertz CT molecular complexity index is 294. The molecular formula is C12H22N2O. The molecule has 15 heavy (non-hydrogen) atoms. The molecule has 0 aliphatic rings. The molecule has 0 bridgehead atoms. The van der Waals surface area contributed by atoms with Crippen LogP contribution in [0.25, 0.3) is 0 Å². The Kier molecular flexibility index (Phi) is 4.66. The lowest BCUT2D eigenvalue weighted by Crippen LogP contribution is -2.00. The molecule has 3 nitrogen and oxygen atoms in total. The zero-order valence-electron chi connectivity index (χ0n) is 10.3. The van der Waals surface area contributed by atoms with Crippen molar-refractivity contribution in [3.05, 3.63) is 11.9 Å². The molecule has 1 rings (SSSR count). The first-order valence-electron chi connectivity index (χ1n) is 5.93. The van der Waals surface area contributed by atoms with Crippen molar-refractivity contribution in [2.75, 3.05) is 6.61 Å². The summed E-state index contributed by atoms with van der Waals surface area (Å²) in [5.74, 6) is 1.45. The summed E-state index contributed by atoms with van der Waals surface area (Å²) in [6.45, 7) is 10.1. The van der Waals surface area contributed by atoms with E-state index in [1.54, 1.807) is 0 Å². The van der Waals surface area contributed by atoms with Crippen LogP contribution in [-0.4, -0.2) is 16.4 Å². The Hall–Kier alpha value is -0.990. The van der Waals surface area contributed by atoms with Crippen molar-refractivity contribution in [1.82, 2.24) is 9.78 Å². The molecule has 0 aliphatic carbocycles. The highest BCUT2D eigenvalue weighted by molar-refractivity contribution is 5.27. The minimum Gasteiger partial charge on any atom is -0.490 e. The maximum Gasteiger partial charge on any atom is 0.160 e. The van der Waals surface area contributed by atoms with E-state index in [1.807, 2.05) is 17.8 Å². The van der Waals surface area contributed by atoms with E-state index >= 15 is 0 Å². The fourth-order valence-electron chi connectivity index (χ4n) is 1.76. The molecule has 0 amide bonds. The summed E-state index contributed by atoms with van der Waals surface area (Å²) < 4.78 is 7.55. The predicted molar refractivity (Wildman–Crippen MR) is 62.4 cm³/mol. The molecule has 0 fully saturated rings. The summed E-state index contributed by atoms with van der Waals surface area (Å²) in [4.78, 5) is 0. The maximum atomic E-state index is 5.60. The van der Waals surface area contributed by atoms with Gasteiger partial charge < -0.3 is 4.74 Å². The van der Waals surface area contributed by atoms with Gasteiger partial charge in [-0.15, -0.1) is 0 Å². The third-order valence-electron chi connectivity index (χ3n) is 2.57. The lowest BCUT2D eigenvalue weighted by Gasteiger charge is -2.09. The lowest BCUT2D eigenvalue weighted by molar-refractivity contribution is 0.333. The maximum absolute atomic E-state index is 5.60. The number of hydrogen-bond donors (Lipinski definition) is 0. The van der Waals surface area contributed by atoms with Crippen molar-refractivity contribution in [3.63, 3.8) is 0 Å². The van der Waals surface area contributed by atoms with Crippen LogP contribution in [0.5, 0.6) is 5.75 Å². The number of hydrogen-bond acceptors (Lipinski definition) is 2. The minimum absolute atomic E-state index is 0.490. The SMILES string of the molecule is CCCC(C)c1nn(CC)cc1OCC. The highest BCUT2D eigenvalue weighted by Crippen LogP contribution is 2.28. The van der Waals surface area contributed by atoms with Gasteiger partial charge in [0.2, 0.25) is 0 Å². The van der Waals surface area contributed by atoms with Gasteiger partial charge in [-0.1, -0.05) is 20.3 Å². The van der Waals surface area contributed by atoms with Crippen LogP contribution in [0.2, 0.25) is 0 Å². The Morgan fingerprint density at radius 1 is 1.40 bits per heavy atom. The molecule has 1 atom stereocenters. The van der Waals surface area contributed by atoms with Gasteiger partial charge in [0.1, 0.15) is 5.69 Å². The van der Waals surface area contributed by atoms with Crippen molar-refractivity contribution in [2.24, 2.45) is 0 Å². The van der Waals surface area contributed by atoms with Gasteiger partial charge in [0.05, 0.1) is 12.8 Å². The predicted octanol–water partition coefficient (Wildman–Crippen LogP) is 3.21. The lowest BCUT2D eigenvalue weighted by atomic mass is 10.0. The first-order chi connectivity index (χ1) is 7.22. The van der Waals surface area contributed by atoms with Crippen molar-refractivity contribution in [1.29, 1.82) is 0 Å². The third-order valence-corrected chi connectivity index (χ3v) is 2.57. The molecule has 0 aromatic carbocycles. The number of ether oxygens (including phenoxy) is 1. The number of nitrogens with zero attached hydrogens (tertiary/aromatic N) is 2. The van der Waals surface area contributed by atoms with Crippen LogP contribution in [0.1, 0.15) is 52.1 Å². The Morgan fingerprint density at radius 2 is 2.13 bits per heavy atom. The topological polar surface area (TPSA) is 27.1 Å². The number of rotatable bonds is 6. The second-order valence-electron chi connectivity index (χ2n) is 3.86. The van der Waals surface area contributed by atoms with Crippen molar-refractivity contribution in [3.8, 4) is 5.75 Å². The molecule has 0 spiro atoms. The van der Waals surface area contributed by atoms with Crippen LogP contribution in [0.4, 0.5) is 0 Å². The zero-order valence-corrected chi connectivity index (χ0v) is 10.3. The van der Waals surface area contributed by atoms with E-state index in [2.05, 4.69) is 25.9 Å². The standard InChI is InChI=1S/C12H22N2O/c1-5-8-10(4)12-11(15-7-3)9-14(6-2)13-12/h9-10H,5-8H2,1-4H3. The van der Waals surface area contributed by atoms with Crippen molar-refractivity contribution in [2.45, 2.75) is 53.0 Å². The number of aromatic nitrogens is 2. The van der Waals surface area contributed by atoms with Gasteiger partial charge in [-0.2, -0.15) is 5.10 Å². The Balaban J connectivity index is 2.87. The molecule has 86 valence electrons. The molecule has 0 N–H and O–H groups in total. The molecule has 0 aliphatic heterocycles. The Labute approximate surface area is 92.4 Å². The Morgan fingerprint density at radius 3 is 2.67 bits per heavy atom. The van der Waals surface area contributed by atoms with Crippen LogP contribution in [0.3, 0.4) is 0 Å². The highest BCUT2D eigenvalue weighted by atomic mass is 16.5. The van der Waals surface area contributed by atoms with E-state index < -0.39 is 0 Å². The van der Waals surface area contributed by atoms with Gasteiger partial charge in [-0.25, -0.2) is 0 Å². The van der Waals surface area contributed by atoms with E-state index in [0.29, 0.717) is 12.5 Å². The monoisotopic (exact) mass is 210 g/mol. The normalized spacial score (nSPS) is 12.8. The van der Waals surface area contributed by atoms with E-state index in [9.17, 15) is 0 Å². The fraction of sp³-hybridized carbons (Fsp3) is 0.750. The van der Waals surface area contributed by atoms with Gasteiger partial charge in [-0.3, -0.25) is 4.68 Å². The number of aryl methyl sites for hydroxylation is 1. The van der Waals surface area contributed by atoms with Crippen LogP contribution < -0.4 is 4.74 Å². The molecule has 0 saturated heterocycles. The van der Waals surface area contributed by atoms with Crippen LogP contribution >= 0.6 is 0 Å². The van der Waals surface area contributed by atoms with Gasteiger partial charge in [0.25, 0.3) is 0 Å². The molecule has 1 unspecified atom stereocenters. The molecule has 0 radical (unpaired) electrons. The van der Waals surface area contributed by atoms with Crippen LogP contribution in [-0.2, 0) is 6.54 Å². The molecule has 1 aromatic rings. The zero-order chi connectivity index (χ0) is 11.3. The van der Waals surface area contributed by atoms with Crippen LogP contribution in [0, 0.1) is 0 Å². The first kappa shape index (κ1) is 12.1. The summed E-state index contributed by atoms with van der Waals surface area (Å²) in [6, 6.07) is 0. The first-order valence-corrected chi connectivity index (χ1v) is 5.93. The second-order valence-corrected chi connectivity index (χ2v) is 3.86. The summed E-state index contributed by atoms with van der Waals surface area (Å²) in [6.07, 6.45) is 4.36. The average Bonchev–Trinajstić information content (AvgIpc) is 2.62. The third kappa shape index (κ3) is 2.98. The molecular weight excluding hydrogens is 188 g/mol. The second kappa shape index (κ2) is 5.79. The quantitative estimate of drug-likeness (QED) is 0.721. The van der Waals surface area contributed by atoms with E-state index in [4.69, 9.17) is 4.74 Å². The minimum atomic E-state index is 0.490. The highest BCUT2D eigenvalue weighted by Gasteiger charge is 2.15. The summed E-state index contributed by atoms with van der Waals surface area (Å²) in [5, 5.41) is 4.56. The van der Waals surface area contributed by atoms with Crippen molar-refractivity contribution < 1.29 is 4.74 Å². The van der Waals surface area contributed by atoms with Gasteiger partial charge in [0.15, 0.2) is 5.75 Å². The summed E-state index contributed by atoms with van der Waals surface area (Å²) >= 11 is 0. The van der Waals surface area contributed by atoms with Crippen LogP contribution in [0.15, 0.2) is 6.20 Å². The molecule has 1 heterocycles. The van der Waals surface area contributed by atoms with Gasteiger partial charge in [0, 0.05) is 12.5 Å². The summed E-state index contributed by atoms with van der Waals surface area (Å²) in [7, 11) is 0.